The van der Waals surface area contributed by atoms with Crippen molar-refractivity contribution < 1.29 is 0 Å². The third kappa shape index (κ3) is 13.3. The second-order valence-corrected chi connectivity index (χ2v) is 36.8. The average Bonchev–Trinajstić information content (AvgIpc) is 0.716. The van der Waals surface area contributed by atoms with Crippen molar-refractivity contribution in [2.75, 3.05) is 0 Å². The summed E-state index contributed by atoms with van der Waals surface area (Å²) in [5.74, 6) is 0. The van der Waals surface area contributed by atoms with Crippen LogP contribution in [0.1, 0.15) is 40.0 Å². The molecule has 0 aliphatic rings. The fraction of sp³-hybridized carbons (Fsp3) is 0.0682. The van der Waals surface area contributed by atoms with Gasteiger partial charge in [0.05, 0.1) is 0 Å². The van der Waals surface area contributed by atoms with E-state index in [0.29, 0.717) is 35.8 Å². The van der Waals surface area contributed by atoms with Gasteiger partial charge < -0.3 is 13.7 Å². The molecule has 6 nitrogen and oxygen atoms in total. The van der Waals surface area contributed by atoms with Gasteiger partial charge in [0, 0.05) is 52.3 Å². The van der Waals surface area contributed by atoms with Gasteiger partial charge in [-0.05, 0) is 318 Å². The topological polar surface area (TPSA) is 66.0 Å². The number of benzene rings is 24. The van der Waals surface area contributed by atoms with Crippen molar-refractivity contribution in [2.45, 2.75) is 59.7 Å². The molecule has 39 aromatic rings. The smallest absolute Gasteiger partial charge is 0.258 e. The summed E-state index contributed by atoms with van der Waals surface area (Å²) in [6, 6.07) is 157. The van der Waals surface area contributed by atoms with Crippen molar-refractivity contribution in [3.8, 4) is 0 Å². The van der Waals surface area contributed by atoms with Crippen LogP contribution >= 0.6 is 0 Å². The molecule has 6 heteroatoms. The molecule has 24 aromatic carbocycles. The SMILES string of the molecule is CCCn1c(=O)c2ccc(cc2)c2c3ccccc3c(c3ccccc32)c2c3ccccc3c(c3ccc(cc3)n(CCC)c(=O)c3ccc(cc3)c3c4ccccc4c(c4ccccc43)c3c4ccccc4c(c4ccc(cc4)n(CCC)c(=O)c4ccc(cc4)c4c5ccccc5c(c5ccccc54)c4c5ccccc5c(c5ccc1cc5)c1ccccc14)c1ccccc13)c1ccccc12. The molecule has 0 aliphatic heterocycles. The summed E-state index contributed by atoms with van der Waals surface area (Å²) < 4.78 is 5.82. The van der Waals surface area contributed by atoms with Crippen molar-refractivity contribution in [3.63, 3.8) is 0 Å². The van der Waals surface area contributed by atoms with Crippen LogP contribution in [0.3, 0.4) is 0 Å². The van der Waals surface area contributed by atoms with Crippen molar-refractivity contribution in [2.24, 2.45) is 0 Å². The lowest BCUT2D eigenvalue weighted by atomic mass is 9.87. The summed E-state index contributed by atoms with van der Waals surface area (Å²) >= 11 is 0. The van der Waals surface area contributed by atoms with Crippen LogP contribution in [-0.4, -0.2) is 13.7 Å². The predicted octanol–water partition coefficient (Wildman–Crippen LogP) is 34.8. The van der Waals surface area contributed by atoms with Gasteiger partial charge in [0.25, 0.3) is 16.7 Å². The van der Waals surface area contributed by atoms with Crippen LogP contribution in [0.4, 0.5) is 0 Å². The Balaban J connectivity index is 0.745. The van der Waals surface area contributed by atoms with E-state index in [9.17, 15) is 0 Å². The monoisotopic (exact) mass is 1770 g/mol. The van der Waals surface area contributed by atoms with E-state index in [1.807, 2.05) is 50.1 Å². The fourth-order valence-corrected chi connectivity index (χ4v) is 23.2. The Morgan fingerprint density at radius 1 is 0.130 bits per heavy atom. The van der Waals surface area contributed by atoms with Crippen LogP contribution in [0.25, 0.3) is 259 Å². The van der Waals surface area contributed by atoms with Crippen LogP contribution < -0.4 is 16.7 Å². The summed E-state index contributed by atoms with van der Waals surface area (Å²) in [7, 11) is 0. The molecule has 0 aliphatic carbocycles. The van der Waals surface area contributed by atoms with Gasteiger partial charge in [0.1, 0.15) is 0 Å². The molecule has 138 heavy (non-hydrogen) atoms. The molecule has 0 spiro atoms. The Morgan fingerprint density at radius 2 is 0.232 bits per heavy atom. The first kappa shape index (κ1) is 82.7. The van der Waals surface area contributed by atoms with Gasteiger partial charge in [-0.2, -0.15) is 0 Å². The van der Waals surface area contributed by atoms with Crippen LogP contribution in [0, 0.1) is 0 Å². The van der Waals surface area contributed by atoms with Crippen molar-refractivity contribution in [1.29, 1.82) is 0 Å². The third-order valence-corrected chi connectivity index (χ3v) is 29.1. The first-order valence-electron chi connectivity index (χ1n) is 48.4. The summed E-state index contributed by atoms with van der Waals surface area (Å²) in [5, 5.41) is 48.9. The highest BCUT2D eigenvalue weighted by Gasteiger charge is 2.23. The molecule has 0 unspecified atom stereocenters. The zero-order chi connectivity index (χ0) is 92.3. The van der Waals surface area contributed by atoms with Gasteiger partial charge in [-0.15, -0.1) is 0 Å². The highest BCUT2D eigenvalue weighted by Crippen LogP contribution is 2.50. The van der Waals surface area contributed by atoms with Gasteiger partial charge in [0.15, 0.2) is 0 Å². The normalized spacial score (nSPS) is 11.8. The highest BCUT2D eigenvalue weighted by atomic mass is 16.1. The molecule has 654 valence electrons. The zero-order valence-corrected chi connectivity index (χ0v) is 76.9. The zero-order valence-electron chi connectivity index (χ0n) is 76.9. The van der Waals surface area contributed by atoms with E-state index in [0.717, 1.165) is 246 Å². The van der Waals surface area contributed by atoms with Crippen LogP contribution in [-0.2, 0) is 19.6 Å². The highest BCUT2D eigenvalue weighted by molar-refractivity contribution is 6.44. The number of aryl methyl sites for hydroxylation is 3. The van der Waals surface area contributed by atoms with Gasteiger partial charge in [-0.1, -0.05) is 385 Å². The van der Waals surface area contributed by atoms with Crippen LogP contribution in [0.15, 0.2) is 451 Å². The average molecular weight is 1770 g/mol. The lowest BCUT2D eigenvalue weighted by molar-refractivity contribution is 0.682. The Kier molecular flexibility index (Phi) is 20.4. The molecule has 0 fully saturated rings. The number of fused-ring (bicyclic) bond motifs is 3. The predicted molar refractivity (Wildman–Crippen MR) is 596 cm³/mol. The first-order chi connectivity index (χ1) is 68.2. The first-order valence-corrected chi connectivity index (χ1v) is 48.4. The van der Waals surface area contributed by atoms with E-state index in [2.05, 4.69) is 421 Å². The Labute approximate surface area is 794 Å². The molecule has 0 N–H and O–H groups in total. The van der Waals surface area contributed by atoms with Gasteiger partial charge >= 0.3 is 0 Å². The number of hydrogen-bond donors (Lipinski definition) is 0. The minimum absolute atomic E-state index is 0.0601. The molecule has 0 radical (unpaired) electrons. The summed E-state index contributed by atoms with van der Waals surface area (Å²) in [5.41, 5.74) is 2.31. The molecule has 0 amide bonds. The lowest BCUT2D eigenvalue weighted by Crippen LogP contribution is -2.18. The van der Waals surface area contributed by atoms with E-state index >= 15 is 14.4 Å². The number of hydrogen-bond acceptors (Lipinski definition) is 3. The molecule has 0 atom stereocenters. The van der Waals surface area contributed by atoms with E-state index in [-0.39, 0.29) is 16.7 Å². The van der Waals surface area contributed by atoms with E-state index < -0.39 is 0 Å². The van der Waals surface area contributed by atoms with Crippen molar-refractivity contribution >= 4 is 259 Å². The van der Waals surface area contributed by atoms with Crippen molar-refractivity contribution in [1.82, 2.24) is 13.7 Å². The second-order valence-electron chi connectivity index (χ2n) is 36.8. The summed E-state index contributed by atoms with van der Waals surface area (Å²) in [6.45, 7) is 8.00. The largest absolute Gasteiger partial charge is 0.308 e. The Morgan fingerprint density at radius 3 is 0.348 bits per heavy atom. The Hall–Kier alpha value is -17.2. The van der Waals surface area contributed by atoms with Crippen LogP contribution in [0.5, 0.6) is 0 Å². The minimum Gasteiger partial charge on any atom is -0.308 e. The fourth-order valence-electron chi connectivity index (χ4n) is 23.2. The maximum absolute atomic E-state index is 15.5. The molecule has 15 aromatic heterocycles. The van der Waals surface area contributed by atoms with Gasteiger partial charge in [-0.3, -0.25) is 14.4 Å². The van der Waals surface area contributed by atoms with Crippen LogP contribution in [0.2, 0.25) is 0 Å². The summed E-state index contributed by atoms with van der Waals surface area (Å²) in [4.78, 5) is 46.4. The molecule has 39 rings (SSSR count). The molecular weight excluding hydrogens is 1680 g/mol. The van der Waals surface area contributed by atoms with Gasteiger partial charge in [0.2, 0.25) is 0 Å². The molecular formula is C132H93N3O3. The van der Waals surface area contributed by atoms with E-state index in [4.69, 9.17) is 0 Å². The van der Waals surface area contributed by atoms with Gasteiger partial charge in [-0.25, -0.2) is 0 Å². The van der Waals surface area contributed by atoms with Crippen molar-refractivity contribution in [3.05, 3.63) is 468 Å². The van der Waals surface area contributed by atoms with E-state index in [1.165, 1.54) is 16.2 Å². The third-order valence-electron chi connectivity index (χ3n) is 29.1. The van der Waals surface area contributed by atoms with E-state index in [1.54, 1.807) is 0 Å². The number of rotatable bonds is 6. The maximum atomic E-state index is 15.5. The Bertz CT molecular complexity index is 8980. The maximum Gasteiger partial charge on any atom is 0.258 e. The quantitative estimate of drug-likeness (QED) is 0.156. The standard InChI is InChI=1S/C132H93N3O3/c1-4-79-133-91-73-67-85(68-74-91)121-100-37-13-25-49-112(100)127(113-50-26-14-38-101(113)121)125-108-45-21-9-33-96(108)119(97-34-10-22-46-109(97)125)83-57-63-89(64-58-83)131(137)135(81-6-3)93-77-71-87(72-78-93)123-104-41-17-29-53-116(104)129(117-54-30-18-42-105(117)123)126-110-47-23-11-35-98(110)120(99-36-12-24-48-111(99)126)84-59-65-90(66-60-84)132(138)134(80-5-2)92-75-69-86(70-76-92)122-102-39-15-27-51-114(102)128(115-52-28-16-40-103(115)122)124-106-43-19-7-31-94(106)118(95-32-8-20-44-107(95)124)82-55-61-88(62-56-82)130(133)136/h7-78H,4-6,79-81H2,1-3H3. The minimum atomic E-state index is -0.0601. The molecule has 0 saturated heterocycles. The summed E-state index contributed by atoms with van der Waals surface area (Å²) in [6.07, 6.45) is 2.28. The number of aromatic nitrogens is 3. The number of nitrogens with zero attached hydrogens (tertiary/aromatic N) is 3. The molecule has 24 bridgehead atoms. The molecule has 15 heterocycles. The lowest BCUT2D eigenvalue weighted by Gasteiger charge is -2.16. The molecule has 0 saturated carbocycles. The second kappa shape index (κ2) is 34.1.